The molecular formula is C17H18Cl2N2OS. The molecule has 0 bridgehead atoms. The van der Waals surface area contributed by atoms with Gasteiger partial charge in [-0.2, -0.15) is 0 Å². The minimum atomic E-state index is -0.873. The molecule has 23 heavy (non-hydrogen) atoms. The predicted octanol–water partition coefficient (Wildman–Crippen LogP) is 4.22. The van der Waals surface area contributed by atoms with Gasteiger partial charge in [-0.05, 0) is 30.2 Å². The Balaban J connectivity index is 2.02. The molecule has 2 aromatic carbocycles. The van der Waals surface area contributed by atoms with Gasteiger partial charge in [0.05, 0.1) is 10.0 Å². The number of primary amides is 1. The van der Waals surface area contributed by atoms with E-state index in [2.05, 4.69) is 5.32 Å². The molecule has 3 nitrogen and oxygen atoms in total. The van der Waals surface area contributed by atoms with Crippen LogP contribution in [0.4, 0.5) is 0 Å². The third-order valence-corrected chi connectivity index (χ3v) is 5.59. The van der Waals surface area contributed by atoms with Gasteiger partial charge in [0.1, 0.15) is 4.87 Å². The largest absolute Gasteiger partial charge is 0.367 e. The molecule has 0 aliphatic carbocycles. The van der Waals surface area contributed by atoms with E-state index < -0.39 is 10.8 Å². The zero-order valence-electron chi connectivity index (χ0n) is 12.7. The second kappa shape index (κ2) is 8.06. The normalized spacial score (nSPS) is 13.5. The quantitative estimate of drug-likeness (QED) is 0.719. The van der Waals surface area contributed by atoms with Crippen molar-refractivity contribution < 1.29 is 4.79 Å². The van der Waals surface area contributed by atoms with Crippen molar-refractivity contribution in [2.45, 2.75) is 24.1 Å². The van der Waals surface area contributed by atoms with E-state index in [1.807, 2.05) is 36.4 Å². The van der Waals surface area contributed by atoms with Crippen molar-refractivity contribution in [3.05, 3.63) is 69.7 Å². The number of hydrogen-bond acceptors (Lipinski definition) is 3. The number of thioether (sulfide) groups is 1. The fraction of sp³-hybridized carbons (Fsp3) is 0.235. The van der Waals surface area contributed by atoms with Gasteiger partial charge in [0.15, 0.2) is 0 Å². The highest BCUT2D eigenvalue weighted by Crippen LogP contribution is 2.27. The fourth-order valence-corrected chi connectivity index (χ4v) is 3.22. The second-order valence-electron chi connectivity index (χ2n) is 5.27. The van der Waals surface area contributed by atoms with Crippen LogP contribution in [0.1, 0.15) is 18.1 Å². The first-order valence-electron chi connectivity index (χ1n) is 7.07. The van der Waals surface area contributed by atoms with Crippen molar-refractivity contribution in [1.82, 2.24) is 5.32 Å². The third kappa shape index (κ3) is 5.15. The number of halogens is 2. The van der Waals surface area contributed by atoms with Crippen LogP contribution in [0.3, 0.4) is 0 Å². The van der Waals surface area contributed by atoms with Crippen molar-refractivity contribution in [3.63, 3.8) is 0 Å². The molecule has 3 N–H and O–H groups in total. The van der Waals surface area contributed by atoms with E-state index in [0.29, 0.717) is 22.3 Å². The topological polar surface area (TPSA) is 55.1 Å². The Morgan fingerprint density at radius 1 is 1.13 bits per heavy atom. The molecule has 2 aromatic rings. The molecule has 0 aliphatic heterocycles. The van der Waals surface area contributed by atoms with Gasteiger partial charge >= 0.3 is 0 Å². The lowest BCUT2D eigenvalue weighted by Gasteiger charge is -2.27. The molecule has 2 rings (SSSR count). The highest BCUT2D eigenvalue weighted by atomic mass is 35.5. The zero-order valence-corrected chi connectivity index (χ0v) is 15.0. The second-order valence-corrected chi connectivity index (χ2v) is 7.48. The van der Waals surface area contributed by atoms with Crippen LogP contribution in [0.2, 0.25) is 10.0 Å². The lowest BCUT2D eigenvalue weighted by molar-refractivity contribution is -0.120. The number of nitrogens with one attached hydrogen (secondary N) is 1. The minimum absolute atomic E-state index is 0.404. The molecule has 0 fully saturated rings. The molecule has 122 valence electrons. The van der Waals surface area contributed by atoms with Gasteiger partial charge in [-0.3, -0.25) is 10.1 Å². The molecule has 0 radical (unpaired) electrons. The summed E-state index contributed by atoms with van der Waals surface area (Å²) in [7, 11) is 0. The minimum Gasteiger partial charge on any atom is -0.367 e. The van der Waals surface area contributed by atoms with E-state index in [1.54, 1.807) is 19.1 Å². The number of rotatable bonds is 7. The van der Waals surface area contributed by atoms with E-state index in [0.717, 1.165) is 11.1 Å². The lowest BCUT2D eigenvalue weighted by Crippen LogP contribution is -2.50. The number of amides is 1. The van der Waals surface area contributed by atoms with Crippen LogP contribution in [0.25, 0.3) is 0 Å². The summed E-state index contributed by atoms with van der Waals surface area (Å²) < 4.78 is 0. The van der Waals surface area contributed by atoms with Gasteiger partial charge < -0.3 is 5.73 Å². The van der Waals surface area contributed by atoms with Gasteiger partial charge in [-0.15, -0.1) is 11.8 Å². The summed E-state index contributed by atoms with van der Waals surface area (Å²) in [5, 5.41) is 4.21. The van der Waals surface area contributed by atoms with Gasteiger partial charge in [-0.1, -0.05) is 59.6 Å². The van der Waals surface area contributed by atoms with E-state index in [4.69, 9.17) is 28.9 Å². The third-order valence-electron chi connectivity index (χ3n) is 3.45. The van der Waals surface area contributed by atoms with Gasteiger partial charge in [0, 0.05) is 12.3 Å². The monoisotopic (exact) mass is 368 g/mol. The maximum Gasteiger partial charge on any atom is 0.247 e. The summed E-state index contributed by atoms with van der Waals surface area (Å²) in [6.45, 7) is 2.26. The summed E-state index contributed by atoms with van der Waals surface area (Å²) in [6.07, 6.45) is 0. The van der Waals surface area contributed by atoms with E-state index >= 15 is 0 Å². The fourth-order valence-electron chi connectivity index (χ4n) is 1.93. The molecule has 0 heterocycles. The number of benzene rings is 2. The Morgan fingerprint density at radius 2 is 1.83 bits per heavy atom. The average molecular weight is 369 g/mol. The first kappa shape index (κ1) is 18.1. The van der Waals surface area contributed by atoms with Gasteiger partial charge in [0.2, 0.25) is 5.91 Å². The Morgan fingerprint density at radius 3 is 2.43 bits per heavy atom. The van der Waals surface area contributed by atoms with Crippen LogP contribution in [0.5, 0.6) is 0 Å². The summed E-state index contributed by atoms with van der Waals surface area (Å²) in [5.74, 6) is 0.285. The highest BCUT2D eigenvalue weighted by Gasteiger charge is 2.31. The van der Waals surface area contributed by atoms with Crippen LogP contribution in [0.15, 0.2) is 48.5 Å². The smallest absolute Gasteiger partial charge is 0.247 e. The summed E-state index contributed by atoms with van der Waals surface area (Å²) in [5.41, 5.74) is 7.66. The van der Waals surface area contributed by atoms with Crippen molar-refractivity contribution >= 4 is 40.9 Å². The first-order chi connectivity index (χ1) is 10.9. The van der Waals surface area contributed by atoms with Crippen LogP contribution in [-0.4, -0.2) is 10.8 Å². The van der Waals surface area contributed by atoms with Crippen LogP contribution < -0.4 is 11.1 Å². The van der Waals surface area contributed by atoms with Gasteiger partial charge in [0.25, 0.3) is 0 Å². The average Bonchev–Trinajstić information content (AvgIpc) is 2.55. The van der Waals surface area contributed by atoms with E-state index in [1.165, 1.54) is 11.8 Å². The van der Waals surface area contributed by atoms with Crippen molar-refractivity contribution in [1.29, 1.82) is 0 Å². The predicted molar refractivity (Wildman–Crippen MR) is 98.6 cm³/mol. The molecule has 1 atom stereocenters. The number of nitrogens with two attached hydrogens (primary N) is 1. The summed E-state index contributed by atoms with van der Waals surface area (Å²) in [6, 6.07) is 15.3. The number of hydrogen-bond donors (Lipinski definition) is 2. The molecule has 1 unspecified atom stereocenters. The number of carbonyl (C=O) groups excluding carboxylic acids is 1. The van der Waals surface area contributed by atoms with E-state index in [-0.39, 0.29) is 0 Å². The standard InChI is InChI=1S/C17H18Cl2N2OS/c1-17(16(20)22,23-11-12-5-3-2-4-6-12)21-10-13-7-8-14(18)15(19)9-13/h2-9,21H,10-11H2,1H3,(H2,20,22). The summed E-state index contributed by atoms with van der Waals surface area (Å²) in [4.78, 5) is 11.0. The van der Waals surface area contributed by atoms with E-state index in [9.17, 15) is 4.79 Å². The Labute approximate surface area is 150 Å². The van der Waals surface area contributed by atoms with Crippen molar-refractivity contribution in [2.24, 2.45) is 5.73 Å². The molecule has 6 heteroatoms. The van der Waals surface area contributed by atoms with Crippen LogP contribution in [0, 0.1) is 0 Å². The molecule has 0 saturated carbocycles. The lowest BCUT2D eigenvalue weighted by atomic mass is 10.2. The number of carbonyl (C=O) groups is 1. The highest BCUT2D eigenvalue weighted by molar-refractivity contribution is 8.00. The Kier molecular flexibility index (Phi) is 6.36. The van der Waals surface area contributed by atoms with Gasteiger partial charge in [-0.25, -0.2) is 0 Å². The van der Waals surface area contributed by atoms with Crippen molar-refractivity contribution in [3.8, 4) is 0 Å². The summed E-state index contributed by atoms with van der Waals surface area (Å²) >= 11 is 13.4. The van der Waals surface area contributed by atoms with Crippen LogP contribution in [-0.2, 0) is 17.1 Å². The molecule has 0 spiro atoms. The van der Waals surface area contributed by atoms with Crippen molar-refractivity contribution in [2.75, 3.05) is 0 Å². The molecule has 0 aliphatic rings. The first-order valence-corrected chi connectivity index (χ1v) is 8.81. The van der Waals surface area contributed by atoms with Crippen LogP contribution >= 0.6 is 35.0 Å². The molecule has 1 amide bonds. The zero-order chi connectivity index (χ0) is 16.9. The SMILES string of the molecule is CC(NCc1ccc(Cl)c(Cl)c1)(SCc1ccccc1)C(N)=O. The molecular weight excluding hydrogens is 351 g/mol. The molecule has 0 saturated heterocycles. The maximum absolute atomic E-state index is 11.9. The Bertz CT molecular complexity index is 682. The maximum atomic E-state index is 11.9. The molecule has 0 aromatic heterocycles. The Hall–Kier alpha value is -1.20.